The molecule has 0 fully saturated rings. The van der Waals surface area contributed by atoms with E-state index in [4.69, 9.17) is 0 Å². The predicted molar refractivity (Wildman–Crippen MR) is 87.2 cm³/mol. The van der Waals surface area contributed by atoms with E-state index in [9.17, 15) is 0 Å². The molecule has 3 aromatic rings. The second-order valence-electron chi connectivity index (χ2n) is 6.11. The van der Waals surface area contributed by atoms with Crippen LogP contribution in [0, 0.1) is 0 Å². The Morgan fingerprint density at radius 1 is 0.714 bits per heavy atom. The highest BCUT2D eigenvalue weighted by molar-refractivity contribution is 5.87. The quantitative estimate of drug-likeness (QED) is 0.603. The summed E-state index contributed by atoms with van der Waals surface area (Å²) >= 11 is 0. The normalized spacial score (nSPS) is 14.6. The van der Waals surface area contributed by atoms with Gasteiger partial charge in [-0.05, 0) is 34.4 Å². The van der Waals surface area contributed by atoms with Gasteiger partial charge in [0.05, 0.1) is 5.69 Å². The molecule has 1 heterocycles. The molecule has 4 rings (SSSR count). The number of nitrogens with zero attached hydrogens (tertiary/aromatic N) is 1. The molecule has 0 unspecified atom stereocenters. The van der Waals surface area contributed by atoms with Gasteiger partial charge >= 0.3 is 0 Å². The zero-order valence-corrected chi connectivity index (χ0v) is 12.3. The molecule has 102 valence electrons. The molecule has 1 aliphatic rings. The lowest BCUT2D eigenvalue weighted by atomic mass is 9.79. The number of benzene rings is 2. The standard InChI is InChI=1S/C20H17N/c1-20(2)17-11-4-3-8-14(17)15-9-7-10-16(19(15)20)18-12-5-6-13-21-18/h3-13H,1-2H3. The second kappa shape index (κ2) is 4.29. The van der Waals surface area contributed by atoms with Gasteiger partial charge in [0.2, 0.25) is 0 Å². The highest BCUT2D eigenvalue weighted by Gasteiger charge is 2.37. The summed E-state index contributed by atoms with van der Waals surface area (Å²) in [6.45, 7) is 4.62. The van der Waals surface area contributed by atoms with Crippen LogP contribution in [0.3, 0.4) is 0 Å². The third-order valence-corrected chi connectivity index (χ3v) is 4.52. The van der Waals surface area contributed by atoms with Gasteiger partial charge in [-0.3, -0.25) is 4.98 Å². The van der Waals surface area contributed by atoms with Gasteiger partial charge in [0, 0.05) is 17.2 Å². The first-order valence-electron chi connectivity index (χ1n) is 7.34. The number of hydrogen-bond acceptors (Lipinski definition) is 1. The first-order chi connectivity index (χ1) is 10.2. The van der Waals surface area contributed by atoms with E-state index in [1.807, 2.05) is 12.3 Å². The van der Waals surface area contributed by atoms with Crippen LogP contribution in [0.5, 0.6) is 0 Å². The van der Waals surface area contributed by atoms with E-state index in [1.165, 1.54) is 27.8 Å². The molecule has 0 saturated heterocycles. The molecule has 0 bridgehead atoms. The molecule has 1 aromatic heterocycles. The van der Waals surface area contributed by atoms with Crippen LogP contribution in [-0.2, 0) is 5.41 Å². The zero-order valence-electron chi connectivity index (χ0n) is 12.3. The van der Waals surface area contributed by atoms with Gasteiger partial charge in [-0.25, -0.2) is 0 Å². The van der Waals surface area contributed by atoms with Gasteiger partial charge < -0.3 is 0 Å². The number of hydrogen-bond donors (Lipinski definition) is 0. The molecule has 1 aliphatic carbocycles. The van der Waals surface area contributed by atoms with E-state index in [0.717, 1.165) is 5.69 Å². The third kappa shape index (κ3) is 1.67. The molecule has 0 saturated carbocycles. The Morgan fingerprint density at radius 3 is 2.24 bits per heavy atom. The maximum absolute atomic E-state index is 4.55. The van der Waals surface area contributed by atoms with Crippen molar-refractivity contribution in [1.82, 2.24) is 4.98 Å². The first kappa shape index (κ1) is 12.3. The van der Waals surface area contributed by atoms with Crippen molar-refractivity contribution in [2.45, 2.75) is 19.3 Å². The van der Waals surface area contributed by atoms with Crippen LogP contribution in [0.15, 0.2) is 66.9 Å². The molecule has 2 aromatic carbocycles. The van der Waals surface area contributed by atoms with E-state index in [2.05, 4.69) is 73.4 Å². The smallest absolute Gasteiger partial charge is 0.0705 e. The Balaban J connectivity index is 2.06. The average molecular weight is 271 g/mol. The van der Waals surface area contributed by atoms with E-state index in [0.29, 0.717) is 0 Å². The fourth-order valence-electron chi connectivity index (χ4n) is 3.58. The van der Waals surface area contributed by atoms with Crippen molar-refractivity contribution in [3.05, 3.63) is 78.0 Å². The summed E-state index contributed by atoms with van der Waals surface area (Å²) in [6, 6.07) is 21.4. The van der Waals surface area contributed by atoms with Gasteiger partial charge in [-0.2, -0.15) is 0 Å². The van der Waals surface area contributed by atoms with E-state index in [-0.39, 0.29) is 5.41 Å². The van der Waals surface area contributed by atoms with Gasteiger partial charge in [0.1, 0.15) is 0 Å². The lowest BCUT2D eigenvalue weighted by molar-refractivity contribution is 0.662. The number of aromatic nitrogens is 1. The number of rotatable bonds is 1. The monoisotopic (exact) mass is 271 g/mol. The molecular formula is C20H17N. The summed E-state index contributed by atoms with van der Waals surface area (Å²) in [5, 5.41) is 0. The average Bonchev–Trinajstić information content (AvgIpc) is 2.77. The van der Waals surface area contributed by atoms with Gasteiger partial charge in [-0.1, -0.05) is 62.4 Å². The van der Waals surface area contributed by atoms with Crippen LogP contribution in [0.2, 0.25) is 0 Å². The Hall–Kier alpha value is -2.41. The van der Waals surface area contributed by atoms with E-state index in [1.54, 1.807) is 0 Å². The fourth-order valence-corrected chi connectivity index (χ4v) is 3.58. The molecule has 0 amide bonds. The van der Waals surface area contributed by atoms with E-state index >= 15 is 0 Å². The number of pyridine rings is 1. The number of fused-ring (bicyclic) bond motifs is 3. The molecule has 1 heteroatoms. The Labute approximate surface area is 125 Å². The van der Waals surface area contributed by atoms with Crippen LogP contribution < -0.4 is 0 Å². The summed E-state index contributed by atoms with van der Waals surface area (Å²) in [7, 11) is 0. The van der Waals surface area contributed by atoms with Crippen LogP contribution in [-0.4, -0.2) is 4.98 Å². The molecule has 0 spiro atoms. The minimum Gasteiger partial charge on any atom is -0.256 e. The van der Waals surface area contributed by atoms with Gasteiger partial charge in [0.25, 0.3) is 0 Å². The Morgan fingerprint density at radius 2 is 1.43 bits per heavy atom. The maximum Gasteiger partial charge on any atom is 0.0705 e. The Kier molecular flexibility index (Phi) is 2.52. The Bertz CT molecular complexity index is 816. The maximum atomic E-state index is 4.55. The summed E-state index contributed by atoms with van der Waals surface area (Å²) in [5.74, 6) is 0. The minimum atomic E-state index is 0.0139. The molecule has 1 nitrogen and oxygen atoms in total. The summed E-state index contributed by atoms with van der Waals surface area (Å²) in [6.07, 6.45) is 1.86. The van der Waals surface area contributed by atoms with Crippen molar-refractivity contribution in [3.8, 4) is 22.4 Å². The fraction of sp³-hybridized carbons (Fsp3) is 0.150. The second-order valence-corrected chi connectivity index (χ2v) is 6.11. The van der Waals surface area contributed by atoms with Crippen LogP contribution in [0.4, 0.5) is 0 Å². The van der Waals surface area contributed by atoms with Crippen molar-refractivity contribution in [3.63, 3.8) is 0 Å². The highest BCUT2D eigenvalue weighted by atomic mass is 14.7. The van der Waals surface area contributed by atoms with E-state index < -0.39 is 0 Å². The summed E-state index contributed by atoms with van der Waals surface area (Å²) in [4.78, 5) is 4.55. The van der Waals surface area contributed by atoms with Crippen LogP contribution >= 0.6 is 0 Å². The minimum absolute atomic E-state index is 0.0139. The zero-order chi connectivity index (χ0) is 14.4. The highest BCUT2D eigenvalue weighted by Crippen LogP contribution is 2.51. The van der Waals surface area contributed by atoms with Crippen molar-refractivity contribution in [1.29, 1.82) is 0 Å². The predicted octanol–water partition coefficient (Wildman–Crippen LogP) is 5.05. The molecule has 0 radical (unpaired) electrons. The van der Waals surface area contributed by atoms with Crippen molar-refractivity contribution in [2.75, 3.05) is 0 Å². The topological polar surface area (TPSA) is 12.9 Å². The lowest BCUT2D eigenvalue weighted by Crippen LogP contribution is -2.16. The molecular weight excluding hydrogens is 254 g/mol. The van der Waals surface area contributed by atoms with Gasteiger partial charge in [-0.15, -0.1) is 0 Å². The van der Waals surface area contributed by atoms with Gasteiger partial charge in [0.15, 0.2) is 0 Å². The molecule has 0 aliphatic heterocycles. The SMILES string of the molecule is CC1(C)c2ccccc2-c2cccc(-c3ccccn3)c21. The molecule has 21 heavy (non-hydrogen) atoms. The summed E-state index contributed by atoms with van der Waals surface area (Å²) < 4.78 is 0. The molecule has 0 N–H and O–H groups in total. The van der Waals surface area contributed by atoms with Crippen molar-refractivity contribution >= 4 is 0 Å². The summed E-state index contributed by atoms with van der Waals surface area (Å²) in [5.41, 5.74) is 7.81. The van der Waals surface area contributed by atoms with Crippen LogP contribution in [0.25, 0.3) is 22.4 Å². The largest absolute Gasteiger partial charge is 0.256 e. The first-order valence-corrected chi connectivity index (χ1v) is 7.34. The van der Waals surface area contributed by atoms with Crippen molar-refractivity contribution < 1.29 is 0 Å². The van der Waals surface area contributed by atoms with Crippen molar-refractivity contribution in [2.24, 2.45) is 0 Å². The molecule has 0 atom stereocenters. The third-order valence-electron chi connectivity index (χ3n) is 4.52. The van der Waals surface area contributed by atoms with Crippen LogP contribution in [0.1, 0.15) is 25.0 Å². The lowest BCUT2D eigenvalue weighted by Gasteiger charge is -2.24.